The van der Waals surface area contributed by atoms with Crippen molar-refractivity contribution in [1.82, 2.24) is 0 Å². The van der Waals surface area contributed by atoms with Crippen molar-refractivity contribution >= 4 is 0 Å². The molecule has 1 heterocycles. The van der Waals surface area contributed by atoms with Crippen LogP contribution in [0.2, 0.25) is 0 Å². The molecular weight excluding hydrogens is 180 g/mol. The normalized spacial score (nSPS) is 24.0. The predicted octanol–water partition coefficient (Wildman–Crippen LogP) is 1.44. The van der Waals surface area contributed by atoms with Gasteiger partial charge in [-0.3, -0.25) is 0 Å². The lowest BCUT2D eigenvalue weighted by Crippen LogP contribution is -2.37. The van der Waals surface area contributed by atoms with Gasteiger partial charge in [-0.05, 0) is 5.92 Å². The summed E-state index contributed by atoms with van der Waals surface area (Å²) in [4.78, 5) is 0. The van der Waals surface area contributed by atoms with Crippen LogP contribution in [0.4, 0.5) is 0 Å². The van der Waals surface area contributed by atoms with Crippen molar-refractivity contribution < 1.29 is 14.6 Å². The van der Waals surface area contributed by atoms with Gasteiger partial charge >= 0.3 is 0 Å². The zero-order chi connectivity index (χ0) is 10.8. The molecule has 0 aromatic rings. The van der Waals surface area contributed by atoms with E-state index in [4.69, 9.17) is 9.47 Å². The molecule has 0 saturated carbocycles. The molecule has 3 nitrogen and oxygen atoms in total. The van der Waals surface area contributed by atoms with Gasteiger partial charge in [0.2, 0.25) is 0 Å². The molecular formula is C11H22O3. The number of hydrogen-bond donors (Lipinski definition) is 1. The Hall–Kier alpha value is -0.120. The Balaban J connectivity index is 2.23. The van der Waals surface area contributed by atoms with Crippen LogP contribution in [0.3, 0.4) is 0 Å². The lowest BCUT2D eigenvalue weighted by Gasteiger charge is -2.32. The molecule has 14 heavy (non-hydrogen) atoms. The standard InChI is InChI=1S/C11H22O3/c1-8(2)10(12)11(3,4)7-13-5-9-6-14-9/h8-10,12H,5-7H2,1-4H3. The molecule has 0 amide bonds. The first-order chi connectivity index (χ1) is 6.43. The maximum absolute atomic E-state index is 9.92. The van der Waals surface area contributed by atoms with E-state index in [0.29, 0.717) is 19.3 Å². The first-order valence-electron chi connectivity index (χ1n) is 5.31. The summed E-state index contributed by atoms with van der Waals surface area (Å²) >= 11 is 0. The summed E-state index contributed by atoms with van der Waals surface area (Å²) in [6.07, 6.45) is -0.00962. The van der Waals surface area contributed by atoms with Gasteiger partial charge < -0.3 is 14.6 Å². The van der Waals surface area contributed by atoms with Crippen LogP contribution in [0.15, 0.2) is 0 Å². The second-order valence-corrected chi connectivity index (χ2v) is 5.15. The van der Waals surface area contributed by atoms with Crippen molar-refractivity contribution in [3.63, 3.8) is 0 Å². The van der Waals surface area contributed by atoms with Crippen LogP contribution in [0, 0.1) is 11.3 Å². The molecule has 1 rings (SSSR count). The third kappa shape index (κ3) is 3.56. The number of hydrogen-bond acceptors (Lipinski definition) is 3. The fraction of sp³-hybridized carbons (Fsp3) is 1.00. The molecule has 1 fully saturated rings. The molecule has 1 saturated heterocycles. The number of aliphatic hydroxyl groups excluding tert-OH is 1. The number of ether oxygens (including phenoxy) is 2. The van der Waals surface area contributed by atoms with Crippen molar-refractivity contribution in [2.75, 3.05) is 19.8 Å². The quantitative estimate of drug-likeness (QED) is 0.663. The molecule has 0 spiro atoms. The van der Waals surface area contributed by atoms with E-state index in [2.05, 4.69) is 0 Å². The van der Waals surface area contributed by atoms with E-state index in [1.807, 2.05) is 27.7 Å². The van der Waals surface area contributed by atoms with Crippen molar-refractivity contribution in [2.24, 2.45) is 11.3 Å². The predicted molar refractivity (Wildman–Crippen MR) is 55.2 cm³/mol. The van der Waals surface area contributed by atoms with E-state index in [1.165, 1.54) is 0 Å². The van der Waals surface area contributed by atoms with Crippen LogP contribution in [-0.2, 0) is 9.47 Å². The summed E-state index contributed by atoms with van der Waals surface area (Å²) < 4.78 is 10.6. The smallest absolute Gasteiger partial charge is 0.104 e. The number of rotatable bonds is 6. The minimum Gasteiger partial charge on any atom is -0.392 e. The fourth-order valence-corrected chi connectivity index (χ4v) is 1.61. The van der Waals surface area contributed by atoms with E-state index in [-0.39, 0.29) is 17.4 Å². The lowest BCUT2D eigenvalue weighted by atomic mass is 9.81. The highest BCUT2D eigenvalue weighted by molar-refractivity contribution is 4.80. The zero-order valence-electron chi connectivity index (χ0n) is 9.62. The Morgan fingerprint density at radius 3 is 2.50 bits per heavy atom. The third-order valence-corrected chi connectivity index (χ3v) is 2.61. The largest absolute Gasteiger partial charge is 0.392 e. The summed E-state index contributed by atoms with van der Waals surface area (Å²) in [6, 6.07) is 0. The molecule has 2 atom stereocenters. The number of epoxide rings is 1. The highest BCUT2D eigenvalue weighted by atomic mass is 16.6. The van der Waals surface area contributed by atoms with Gasteiger partial charge in [-0.2, -0.15) is 0 Å². The Labute approximate surface area is 86.4 Å². The molecule has 0 radical (unpaired) electrons. The molecule has 0 aromatic carbocycles. The van der Waals surface area contributed by atoms with Crippen molar-refractivity contribution in [3.05, 3.63) is 0 Å². The number of aliphatic hydroxyl groups is 1. The topological polar surface area (TPSA) is 42.0 Å². The summed E-state index contributed by atoms with van der Waals surface area (Å²) in [5.41, 5.74) is -0.178. The summed E-state index contributed by atoms with van der Waals surface area (Å²) in [6.45, 7) is 10.2. The van der Waals surface area contributed by atoms with Crippen LogP contribution in [-0.4, -0.2) is 37.1 Å². The SMILES string of the molecule is CC(C)C(O)C(C)(C)COCC1CO1. The van der Waals surface area contributed by atoms with Gasteiger partial charge in [0.15, 0.2) is 0 Å². The average molecular weight is 202 g/mol. The van der Waals surface area contributed by atoms with Crippen molar-refractivity contribution in [2.45, 2.75) is 39.9 Å². The average Bonchev–Trinajstić information content (AvgIpc) is 2.86. The van der Waals surface area contributed by atoms with E-state index in [9.17, 15) is 5.11 Å². The summed E-state index contributed by atoms with van der Waals surface area (Å²) in [7, 11) is 0. The van der Waals surface area contributed by atoms with E-state index >= 15 is 0 Å². The molecule has 0 bridgehead atoms. The van der Waals surface area contributed by atoms with Crippen LogP contribution < -0.4 is 0 Å². The Morgan fingerprint density at radius 1 is 1.50 bits per heavy atom. The highest BCUT2D eigenvalue weighted by Crippen LogP contribution is 2.26. The molecule has 84 valence electrons. The van der Waals surface area contributed by atoms with E-state index in [1.54, 1.807) is 0 Å². The van der Waals surface area contributed by atoms with Crippen LogP contribution in [0.1, 0.15) is 27.7 Å². The van der Waals surface area contributed by atoms with Gasteiger partial charge in [0, 0.05) is 5.41 Å². The maximum atomic E-state index is 9.92. The Bertz CT molecular complexity index is 173. The monoisotopic (exact) mass is 202 g/mol. The third-order valence-electron chi connectivity index (χ3n) is 2.61. The second kappa shape index (κ2) is 4.60. The maximum Gasteiger partial charge on any atom is 0.104 e. The van der Waals surface area contributed by atoms with E-state index in [0.717, 1.165) is 6.61 Å². The van der Waals surface area contributed by atoms with E-state index < -0.39 is 0 Å². The highest BCUT2D eigenvalue weighted by Gasteiger charge is 2.31. The second-order valence-electron chi connectivity index (χ2n) is 5.15. The van der Waals surface area contributed by atoms with Crippen LogP contribution in [0.25, 0.3) is 0 Å². The van der Waals surface area contributed by atoms with Gasteiger partial charge in [-0.1, -0.05) is 27.7 Å². The Morgan fingerprint density at radius 2 is 2.07 bits per heavy atom. The fourth-order valence-electron chi connectivity index (χ4n) is 1.61. The first kappa shape index (κ1) is 12.0. The summed E-state index contributed by atoms with van der Waals surface area (Å²) in [5, 5.41) is 9.92. The first-order valence-corrected chi connectivity index (χ1v) is 5.31. The Kier molecular flexibility index (Phi) is 3.93. The lowest BCUT2D eigenvalue weighted by molar-refractivity contribution is -0.0468. The van der Waals surface area contributed by atoms with Gasteiger partial charge in [0.05, 0.1) is 25.9 Å². The van der Waals surface area contributed by atoms with Crippen molar-refractivity contribution in [1.29, 1.82) is 0 Å². The van der Waals surface area contributed by atoms with Gasteiger partial charge in [0.1, 0.15) is 6.10 Å². The summed E-state index contributed by atoms with van der Waals surface area (Å²) in [5.74, 6) is 0.269. The molecule has 1 aliphatic heterocycles. The molecule has 1 aliphatic rings. The van der Waals surface area contributed by atoms with Gasteiger partial charge in [-0.15, -0.1) is 0 Å². The molecule has 0 aromatic heterocycles. The zero-order valence-corrected chi connectivity index (χ0v) is 9.62. The minimum atomic E-state index is -0.317. The van der Waals surface area contributed by atoms with Gasteiger partial charge in [0.25, 0.3) is 0 Å². The molecule has 0 aliphatic carbocycles. The molecule has 3 heteroatoms. The van der Waals surface area contributed by atoms with Crippen LogP contribution in [0.5, 0.6) is 0 Å². The minimum absolute atomic E-state index is 0.178. The molecule has 1 N–H and O–H groups in total. The van der Waals surface area contributed by atoms with Gasteiger partial charge in [-0.25, -0.2) is 0 Å². The van der Waals surface area contributed by atoms with Crippen molar-refractivity contribution in [3.8, 4) is 0 Å². The molecule has 2 unspecified atom stereocenters. The van der Waals surface area contributed by atoms with Crippen LogP contribution >= 0.6 is 0 Å².